The number of carbonyl (C=O) groups is 3. The second kappa shape index (κ2) is 9.72. The van der Waals surface area contributed by atoms with E-state index >= 15 is 0 Å². The molecule has 180 valence electrons. The lowest BCUT2D eigenvalue weighted by Crippen LogP contribution is -2.56. The second-order valence-corrected chi connectivity index (χ2v) is 9.04. The maximum Gasteiger partial charge on any atom is 0.265 e. The van der Waals surface area contributed by atoms with Crippen molar-refractivity contribution in [2.45, 2.75) is 50.2 Å². The number of hydrogen-bond acceptors (Lipinski definition) is 5. The number of morpholine rings is 1. The summed E-state index contributed by atoms with van der Waals surface area (Å²) in [5.74, 6) is -3.76. The van der Waals surface area contributed by atoms with Crippen molar-refractivity contribution in [2.75, 3.05) is 39.4 Å². The Hall–Kier alpha value is -2.59. The van der Waals surface area contributed by atoms with Crippen molar-refractivity contribution in [3.8, 4) is 0 Å². The minimum Gasteiger partial charge on any atom is -0.378 e. The maximum absolute atomic E-state index is 13.7. The highest BCUT2D eigenvalue weighted by Gasteiger charge is 2.40. The summed E-state index contributed by atoms with van der Waals surface area (Å²) in [4.78, 5) is 42.9. The number of rotatable bonds is 5. The largest absolute Gasteiger partial charge is 0.378 e. The highest BCUT2D eigenvalue weighted by molar-refractivity contribution is 5.89. The molecule has 0 bridgehead atoms. The van der Waals surface area contributed by atoms with Crippen LogP contribution in [0.25, 0.3) is 0 Å². The first kappa shape index (κ1) is 23.6. The van der Waals surface area contributed by atoms with E-state index in [1.807, 2.05) is 24.3 Å². The van der Waals surface area contributed by atoms with Gasteiger partial charge in [0.2, 0.25) is 17.7 Å². The van der Waals surface area contributed by atoms with Crippen LogP contribution in [0, 0.1) is 0 Å². The van der Waals surface area contributed by atoms with Crippen molar-refractivity contribution in [2.24, 2.45) is 5.73 Å². The smallest absolute Gasteiger partial charge is 0.265 e. The third-order valence-electron chi connectivity index (χ3n) is 6.55. The lowest BCUT2D eigenvalue weighted by molar-refractivity contribution is -0.150. The minimum absolute atomic E-state index is 0.118. The molecule has 3 aliphatic rings. The summed E-state index contributed by atoms with van der Waals surface area (Å²) in [6.07, 6.45) is -0.420. The van der Waals surface area contributed by atoms with Gasteiger partial charge in [0.25, 0.3) is 5.92 Å². The van der Waals surface area contributed by atoms with Gasteiger partial charge < -0.3 is 25.2 Å². The summed E-state index contributed by atoms with van der Waals surface area (Å²) in [5, 5.41) is 0. The Labute approximate surface area is 191 Å². The quantitative estimate of drug-likeness (QED) is 0.695. The molecule has 2 N–H and O–H groups in total. The van der Waals surface area contributed by atoms with Crippen molar-refractivity contribution in [1.29, 1.82) is 0 Å². The van der Waals surface area contributed by atoms with E-state index in [1.165, 1.54) is 0 Å². The Morgan fingerprint density at radius 2 is 1.88 bits per heavy atom. The SMILES string of the molecule is N[C@H](CC(=O)N1Cc2ccccc2C[C@H]1C(=O)N1CCOCC1)CN1CC(F)(F)CCC1=O. The van der Waals surface area contributed by atoms with Crippen molar-refractivity contribution in [1.82, 2.24) is 14.7 Å². The number of nitrogens with zero attached hydrogens (tertiary/aromatic N) is 3. The zero-order chi connectivity index (χ0) is 23.6. The molecule has 3 amide bonds. The number of hydrogen-bond donors (Lipinski definition) is 1. The van der Waals surface area contributed by atoms with Crippen LogP contribution in [0.3, 0.4) is 0 Å². The first-order chi connectivity index (χ1) is 15.7. The van der Waals surface area contributed by atoms with Gasteiger partial charge in [0.1, 0.15) is 6.04 Å². The van der Waals surface area contributed by atoms with Crippen molar-refractivity contribution < 1.29 is 27.9 Å². The Bertz CT molecular complexity index is 906. The van der Waals surface area contributed by atoms with E-state index in [0.717, 1.165) is 16.0 Å². The van der Waals surface area contributed by atoms with E-state index in [1.54, 1.807) is 9.80 Å². The number of benzene rings is 1. The average molecular weight is 465 g/mol. The number of likely N-dealkylation sites (tertiary alicyclic amines) is 1. The van der Waals surface area contributed by atoms with Gasteiger partial charge in [-0.25, -0.2) is 8.78 Å². The average Bonchev–Trinajstić information content (AvgIpc) is 2.80. The number of alkyl halides is 2. The zero-order valence-electron chi connectivity index (χ0n) is 18.6. The molecule has 3 aliphatic heterocycles. The molecule has 4 rings (SSSR count). The number of halogens is 2. The molecule has 2 atom stereocenters. The topological polar surface area (TPSA) is 96.2 Å². The molecular weight excluding hydrogens is 434 g/mol. The van der Waals surface area contributed by atoms with Gasteiger partial charge >= 0.3 is 0 Å². The van der Waals surface area contributed by atoms with E-state index in [2.05, 4.69) is 0 Å². The molecule has 0 radical (unpaired) electrons. The van der Waals surface area contributed by atoms with E-state index in [9.17, 15) is 23.2 Å². The molecule has 2 fully saturated rings. The Morgan fingerprint density at radius 3 is 2.61 bits per heavy atom. The van der Waals surface area contributed by atoms with Crippen LogP contribution < -0.4 is 5.73 Å². The molecule has 3 heterocycles. The fourth-order valence-electron chi connectivity index (χ4n) is 4.75. The molecule has 10 heteroatoms. The van der Waals surface area contributed by atoms with Gasteiger partial charge in [-0.05, 0) is 11.1 Å². The van der Waals surface area contributed by atoms with Gasteiger partial charge in [0.05, 0.1) is 19.8 Å². The van der Waals surface area contributed by atoms with Gasteiger partial charge in [-0.2, -0.15) is 0 Å². The Kier molecular flexibility index (Phi) is 6.94. The molecule has 0 unspecified atom stereocenters. The predicted octanol–water partition coefficient (Wildman–Crippen LogP) is 0.774. The van der Waals surface area contributed by atoms with E-state index in [4.69, 9.17) is 10.5 Å². The predicted molar refractivity (Wildman–Crippen MR) is 115 cm³/mol. The lowest BCUT2D eigenvalue weighted by Gasteiger charge is -2.40. The van der Waals surface area contributed by atoms with Crippen LogP contribution in [0.2, 0.25) is 0 Å². The van der Waals surface area contributed by atoms with Gasteiger partial charge in [-0.15, -0.1) is 0 Å². The Balaban J connectivity index is 1.46. The number of carbonyl (C=O) groups excluding carboxylic acids is 3. The van der Waals surface area contributed by atoms with Gasteiger partial charge in [-0.1, -0.05) is 24.3 Å². The summed E-state index contributed by atoms with van der Waals surface area (Å²) < 4.78 is 32.8. The summed E-state index contributed by atoms with van der Waals surface area (Å²) in [5.41, 5.74) is 8.12. The van der Waals surface area contributed by atoms with Crippen LogP contribution in [0.15, 0.2) is 24.3 Å². The van der Waals surface area contributed by atoms with Crippen molar-refractivity contribution in [3.63, 3.8) is 0 Å². The molecule has 0 aliphatic carbocycles. The fourth-order valence-corrected chi connectivity index (χ4v) is 4.75. The first-order valence-corrected chi connectivity index (χ1v) is 11.4. The van der Waals surface area contributed by atoms with Crippen LogP contribution in [-0.4, -0.2) is 89.8 Å². The molecule has 1 aromatic carbocycles. The first-order valence-electron chi connectivity index (χ1n) is 11.4. The number of ether oxygens (including phenoxy) is 1. The van der Waals surface area contributed by atoms with Crippen molar-refractivity contribution >= 4 is 17.7 Å². The molecule has 1 aromatic rings. The van der Waals surface area contributed by atoms with Crippen LogP contribution in [-0.2, 0) is 32.1 Å². The van der Waals surface area contributed by atoms with Crippen LogP contribution in [0.4, 0.5) is 8.78 Å². The summed E-state index contributed by atoms with van der Waals surface area (Å²) in [6, 6.07) is 6.24. The van der Waals surface area contributed by atoms with Crippen LogP contribution in [0.5, 0.6) is 0 Å². The maximum atomic E-state index is 13.7. The van der Waals surface area contributed by atoms with E-state index in [0.29, 0.717) is 32.7 Å². The van der Waals surface area contributed by atoms with Gasteiger partial charge in [-0.3, -0.25) is 14.4 Å². The molecule has 8 nitrogen and oxygen atoms in total. The molecule has 33 heavy (non-hydrogen) atoms. The number of amides is 3. The fraction of sp³-hybridized carbons (Fsp3) is 0.609. The summed E-state index contributed by atoms with van der Waals surface area (Å²) in [6.45, 7) is 1.36. The van der Waals surface area contributed by atoms with Crippen molar-refractivity contribution in [3.05, 3.63) is 35.4 Å². The lowest BCUT2D eigenvalue weighted by atomic mass is 9.92. The molecule has 0 aromatic heterocycles. The number of fused-ring (bicyclic) bond motifs is 1. The molecule has 2 saturated heterocycles. The van der Waals surface area contributed by atoms with Gasteiger partial charge in [0, 0.05) is 57.9 Å². The van der Waals surface area contributed by atoms with E-state index < -0.39 is 31.0 Å². The number of piperidine rings is 1. The zero-order valence-corrected chi connectivity index (χ0v) is 18.6. The minimum atomic E-state index is -2.94. The summed E-state index contributed by atoms with van der Waals surface area (Å²) >= 11 is 0. The van der Waals surface area contributed by atoms with Crippen LogP contribution >= 0.6 is 0 Å². The van der Waals surface area contributed by atoms with Gasteiger partial charge in [0.15, 0.2) is 0 Å². The third-order valence-corrected chi connectivity index (χ3v) is 6.55. The monoisotopic (exact) mass is 464 g/mol. The molecule has 0 spiro atoms. The second-order valence-electron chi connectivity index (χ2n) is 9.04. The highest BCUT2D eigenvalue weighted by atomic mass is 19.3. The number of nitrogens with two attached hydrogens (primary N) is 1. The van der Waals surface area contributed by atoms with Crippen LogP contribution in [0.1, 0.15) is 30.4 Å². The standard InChI is InChI=1S/C23H30F2N4O4/c24-23(25)6-5-20(30)28(15-23)14-18(26)12-21(31)29-13-17-4-2-1-3-16(17)11-19(29)22(32)27-7-9-33-10-8-27/h1-4,18-19H,5-15,26H2/t18-,19+/m1/s1. The summed E-state index contributed by atoms with van der Waals surface area (Å²) in [7, 11) is 0. The normalized spacial score (nSPS) is 23.8. The molecule has 0 saturated carbocycles. The molecular formula is C23H30F2N4O4. The highest BCUT2D eigenvalue weighted by Crippen LogP contribution is 2.28. The Morgan fingerprint density at radius 1 is 1.18 bits per heavy atom. The van der Waals surface area contributed by atoms with E-state index in [-0.39, 0.29) is 43.7 Å². The third kappa shape index (κ3) is 5.50.